The van der Waals surface area contributed by atoms with Gasteiger partial charge in [0.05, 0.1) is 17.1 Å². The largest absolute Gasteiger partial charge is 0.373 e. The molecule has 3 rings (SSSR count). The Hall–Kier alpha value is -1.17. The van der Waals surface area contributed by atoms with E-state index in [1.807, 2.05) is 38.1 Å². The van der Waals surface area contributed by atoms with E-state index >= 15 is 0 Å². The topological polar surface area (TPSA) is 46.6 Å². The molecular weight excluding hydrogens is 286 g/mol. The number of nitrogens with zero attached hydrogens (tertiary/aromatic N) is 1. The second-order valence-corrected chi connectivity index (χ2v) is 7.88. The molecule has 1 aromatic rings. The van der Waals surface area contributed by atoms with E-state index in [0.29, 0.717) is 24.4 Å². The van der Waals surface area contributed by atoms with Gasteiger partial charge in [0.15, 0.2) is 0 Å². The maximum atomic E-state index is 12.8. The lowest BCUT2D eigenvalue weighted by molar-refractivity contribution is -0.0438. The van der Waals surface area contributed by atoms with Crippen molar-refractivity contribution in [1.82, 2.24) is 4.31 Å². The highest BCUT2D eigenvalue weighted by Crippen LogP contribution is 2.30. The van der Waals surface area contributed by atoms with Crippen LogP contribution in [0.15, 0.2) is 29.2 Å². The number of fused-ring (bicyclic) bond motifs is 1. The van der Waals surface area contributed by atoms with Crippen LogP contribution in [0.2, 0.25) is 0 Å². The van der Waals surface area contributed by atoms with Crippen molar-refractivity contribution in [2.45, 2.75) is 38.9 Å². The molecule has 0 amide bonds. The maximum Gasteiger partial charge on any atom is 0.239 e. The van der Waals surface area contributed by atoms with Gasteiger partial charge in [-0.3, -0.25) is 0 Å². The Morgan fingerprint density at radius 2 is 1.76 bits per heavy atom. The third-order valence-corrected chi connectivity index (χ3v) is 6.03. The van der Waals surface area contributed by atoms with E-state index in [1.54, 1.807) is 4.31 Å². The van der Waals surface area contributed by atoms with E-state index in [4.69, 9.17) is 4.74 Å². The average Bonchev–Trinajstić information content (AvgIpc) is 2.45. The molecule has 1 fully saturated rings. The summed E-state index contributed by atoms with van der Waals surface area (Å²) in [5.41, 5.74) is 2.25. The van der Waals surface area contributed by atoms with Gasteiger partial charge in [-0.05, 0) is 43.9 Å². The minimum absolute atomic E-state index is 0.0556. The first-order valence-corrected chi connectivity index (χ1v) is 8.85. The molecule has 0 N–H and O–H groups in total. The minimum Gasteiger partial charge on any atom is -0.373 e. The molecular formula is C16H21NO3S. The van der Waals surface area contributed by atoms with E-state index in [0.717, 1.165) is 12.0 Å². The van der Waals surface area contributed by atoms with Crippen LogP contribution in [0.4, 0.5) is 0 Å². The summed E-state index contributed by atoms with van der Waals surface area (Å²) in [6, 6.07) is 7.99. The van der Waals surface area contributed by atoms with Crippen LogP contribution in [0.1, 0.15) is 31.4 Å². The summed E-state index contributed by atoms with van der Waals surface area (Å²) in [4.78, 5) is 0.530. The number of allylic oxidation sites excluding steroid dienone is 1. The highest BCUT2D eigenvalue weighted by molar-refractivity contribution is 7.93. The molecule has 1 aromatic carbocycles. The lowest BCUT2D eigenvalue weighted by atomic mass is 9.98. The molecule has 2 aliphatic rings. The predicted octanol–water partition coefficient (Wildman–Crippen LogP) is 2.41. The molecule has 1 saturated heterocycles. The van der Waals surface area contributed by atoms with Gasteiger partial charge in [0.2, 0.25) is 10.0 Å². The SMILES string of the molecule is CC1CN(S(=O)(=O)C2=Cc3ccccc3CC2)CC(C)O1. The second kappa shape index (κ2) is 5.55. The molecule has 0 saturated carbocycles. The Labute approximate surface area is 126 Å². The maximum absolute atomic E-state index is 12.8. The Morgan fingerprint density at radius 1 is 1.10 bits per heavy atom. The van der Waals surface area contributed by atoms with Gasteiger partial charge < -0.3 is 4.74 Å². The van der Waals surface area contributed by atoms with Gasteiger partial charge in [-0.1, -0.05) is 24.3 Å². The van der Waals surface area contributed by atoms with Crippen LogP contribution in [-0.4, -0.2) is 38.0 Å². The van der Waals surface area contributed by atoms with Crippen LogP contribution < -0.4 is 0 Å². The summed E-state index contributed by atoms with van der Waals surface area (Å²) >= 11 is 0. The molecule has 0 radical (unpaired) electrons. The Balaban J connectivity index is 1.91. The number of ether oxygens (including phenoxy) is 1. The summed E-state index contributed by atoms with van der Waals surface area (Å²) in [6.45, 7) is 4.71. The molecule has 0 aromatic heterocycles. The molecule has 21 heavy (non-hydrogen) atoms. The van der Waals surface area contributed by atoms with Gasteiger partial charge >= 0.3 is 0 Å². The third-order valence-electron chi connectivity index (χ3n) is 4.07. The van der Waals surface area contributed by atoms with Crippen LogP contribution >= 0.6 is 0 Å². The van der Waals surface area contributed by atoms with Crippen LogP contribution in [0, 0.1) is 0 Å². The summed E-state index contributed by atoms with van der Waals surface area (Å²) < 4.78 is 32.9. The standard InChI is InChI=1S/C16H21NO3S/c1-12-10-17(11-13(2)20-12)21(18,19)16-8-7-14-5-3-4-6-15(14)9-16/h3-6,9,12-13H,7-8,10-11H2,1-2H3. The molecule has 1 aliphatic heterocycles. The Kier molecular flexibility index (Phi) is 3.90. The smallest absolute Gasteiger partial charge is 0.239 e. The molecule has 5 heteroatoms. The number of morpholine rings is 1. The van der Waals surface area contributed by atoms with Crippen molar-refractivity contribution in [2.24, 2.45) is 0 Å². The van der Waals surface area contributed by atoms with Crippen LogP contribution in [-0.2, 0) is 21.2 Å². The average molecular weight is 307 g/mol. The van der Waals surface area contributed by atoms with Gasteiger partial charge in [-0.25, -0.2) is 8.42 Å². The first-order chi connectivity index (χ1) is 9.96. The van der Waals surface area contributed by atoms with E-state index in [2.05, 4.69) is 6.07 Å². The molecule has 4 nitrogen and oxygen atoms in total. The highest BCUT2D eigenvalue weighted by Gasteiger charge is 2.34. The second-order valence-electron chi connectivity index (χ2n) is 5.89. The summed E-state index contributed by atoms with van der Waals surface area (Å²) in [6.07, 6.45) is 3.09. The lowest BCUT2D eigenvalue weighted by Gasteiger charge is -2.35. The fraction of sp³-hybridized carbons (Fsp3) is 0.500. The van der Waals surface area contributed by atoms with Crippen molar-refractivity contribution >= 4 is 16.1 Å². The molecule has 2 unspecified atom stereocenters. The number of benzene rings is 1. The number of aryl methyl sites for hydroxylation is 1. The summed E-state index contributed by atoms with van der Waals surface area (Å²) in [5.74, 6) is 0. The van der Waals surface area contributed by atoms with Crippen LogP contribution in [0.5, 0.6) is 0 Å². The van der Waals surface area contributed by atoms with Gasteiger partial charge in [-0.2, -0.15) is 4.31 Å². The Morgan fingerprint density at radius 3 is 2.48 bits per heavy atom. The number of hydrogen-bond donors (Lipinski definition) is 0. The first-order valence-electron chi connectivity index (χ1n) is 7.41. The van der Waals surface area contributed by atoms with E-state index in [1.165, 1.54) is 5.56 Å². The minimum atomic E-state index is -3.38. The number of sulfonamides is 1. The normalized spacial score (nSPS) is 27.0. The van der Waals surface area contributed by atoms with Gasteiger partial charge in [0, 0.05) is 13.1 Å². The molecule has 1 heterocycles. The van der Waals surface area contributed by atoms with Crippen molar-refractivity contribution < 1.29 is 13.2 Å². The van der Waals surface area contributed by atoms with Crippen molar-refractivity contribution in [3.8, 4) is 0 Å². The zero-order valence-corrected chi connectivity index (χ0v) is 13.3. The molecule has 0 bridgehead atoms. The Bertz CT molecular complexity index is 656. The fourth-order valence-corrected chi connectivity index (χ4v) is 4.88. The first kappa shape index (κ1) is 14.8. The molecule has 1 aliphatic carbocycles. The predicted molar refractivity (Wildman–Crippen MR) is 83.2 cm³/mol. The highest BCUT2D eigenvalue weighted by atomic mass is 32.2. The quantitative estimate of drug-likeness (QED) is 0.843. The molecule has 0 spiro atoms. The summed E-state index contributed by atoms with van der Waals surface area (Å²) in [7, 11) is -3.38. The lowest BCUT2D eigenvalue weighted by Crippen LogP contribution is -2.48. The van der Waals surface area contributed by atoms with Gasteiger partial charge in [-0.15, -0.1) is 0 Å². The van der Waals surface area contributed by atoms with Gasteiger partial charge in [0.25, 0.3) is 0 Å². The van der Waals surface area contributed by atoms with E-state index in [9.17, 15) is 8.42 Å². The van der Waals surface area contributed by atoms with Crippen LogP contribution in [0.3, 0.4) is 0 Å². The van der Waals surface area contributed by atoms with Crippen molar-refractivity contribution in [3.63, 3.8) is 0 Å². The van der Waals surface area contributed by atoms with E-state index in [-0.39, 0.29) is 12.2 Å². The van der Waals surface area contributed by atoms with Crippen molar-refractivity contribution in [2.75, 3.05) is 13.1 Å². The van der Waals surface area contributed by atoms with E-state index < -0.39 is 10.0 Å². The monoisotopic (exact) mass is 307 g/mol. The molecule has 114 valence electrons. The third kappa shape index (κ3) is 2.91. The molecule has 2 atom stereocenters. The van der Waals surface area contributed by atoms with Crippen LogP contribution in [0.25, 0.3) is 6.08 Å². The number of rotatable bonds is 2. The van der Waals surface area contributed by atoms with Crippen molar-refractivity contribution in [3.05, 3.63) is 40.3 Å². The van der Waals surface area contributed by atoms with Gasteiger partial charge in [0.1, 0.15) is 0 Å². The summed E-state index contributed by atoms with van der Waals surface area (Å²) in [5, 5.41) is 0. The fourth-order valence-electron chi connectivity index (χ4n) is 3.10. The zero-order chi connectivity index (χ0) is 15.0. The van der Waals surface area contributed by atoms with Crippen molar-refractivity contribution in [1.29, 1.82) is 0 Å². The zero-order valence-electron chi connectivity index (χ0n) is 12.5. The number of hydrogen-bond acceptors (Lipinski definition) is 3.